The number of aliphatic hydroxyl groups is 5. The zero-order valence-electron chi connectivity index (χ0n) is 20.4. The van der Waals surface area contributed by atoms with Gasteiger partial charge in [0.2, 0.25) is 0 Å². The van der Waals surface area contributed by atoms with Gasteiger partial charge in [-0.15, -0.1) is 0 Å². The van der Waals surface area contributed by atoms with E-state index in [0.29, 0.717) is 6.42 Å². The molecule has 1 rings (SSSR count). The largest absolute Gasteiger partial charge is 0.481 e. The SMILES string of the molecule is C[C@@H](C(=O)O)[C@H](CCCCCCCCCCCC(C)(C)O)O[C@@H]1O[C@H](CO)[C@@H](O)[C@H](O)[C@H]1O. The van der Waals surface area contributed by atoms with Crippen LogP contribution in [0.25, 0.3) is 0 Å². The maximum Gasteiger partial charge on any atom is 0.308 e. The van der Waals surface area contributed by atoms with Gasteiger partial charge in [-0.1, -0.05) is 57.8 Å². The van der Waals surface area contributed by atoms with Gasteiger partial charge in [0.1, 0.15) is 24.4 Å². The Morgan fingerprint density at radius 3 is 1.91 bits per heavy atom. The molecule has 1 aliphatic rings. The summed E-state index contributed by atoms with van der Waals surface area (Å²) in [6.45, 7) is 4.63. The third-order valence-electron chi connectivity index (χ3n) is 6.38. The van der Waals surface area contributed by atoms with Gasteiger partial charge in [0.25, 0.3) is 0 Å². The molecule has 33 heavy (non-hydrogen) atoms. The molecule has 1 aliphatic heterocycles. The first-order valence-electron chi connectivity index (χ1n) is 12.4. The molecule has 9 nitrogen and oxygen atoms in total. The Morgan fingerprint density at radius 1 is 0.909 bits per heavy atom. The number of aliphatic carboxylic acids is 1. The maximum absolute atomic E-state index is 11.5. The lowest BCUT2D eigenvalue weighted by atomic mass is 9.96. The van der Waals surface area contributed by atoms with Gasteiger partial charge in [0, 0.05) is 0 Å². The summed E-state index contributed by atoms with van der Waals surface area (Å²) in [4.78, 5) is 11.5. The summed E-state index contributed by atoms with van der Waals surface area (Å²) in [5.41, 5.74) is -0.581. The number of carboxylic acids is 1. The first-order valence-corrected chi connectivity index (χ1v) is 12.4. The van der Waals surface area contributed by atoms with Crippen molar-refractivity contribution < 1.29 is 44.9 Å². The molecule has 0 aliphatic carbocycles. The summed E-state index contributed by atoms with van der Waals surface area (Å²) >= 11 is 0. The van der Waals surface area contributed by atoms with Crippen LogP contribution < -0.4 is 0 Å². The van der Waals surface area contributed by atoms with Crippen molar-refractivity contribution in [2.75, 3.05) is 6.61 Å². The van der Waals surface area contributed by atoms with E-state index in [9.17, 15) is 35.4 Å². The van der Waals surface area contributed by atoms with Crippen LogP contribution in [-0.4, -0.2) is 85.6 Å². The third kappa shape index (κ3) is 11.4. The topological polar surface area (TPSA) is 157 Å². The number of aliphatic hydroxyl groups excluding tert-OH is 4. The van der Waals surface area contributed by atoms with E-state index in [1.165, 1.54) is 19.8 Å². The van der Waals surface area contributed by atoms with E-state index >= 15 is 0 Å². The van der Waals surface area contributed by atoms with E-state index in [0.717, 1.165) is 51.4 Å². The Morgan fingerprint density at radius 2 is 1.42 bits per heavy atom. The number of rotatable bonds is 17. The highest BCUT2D eigenvalue weighted by atomic mass is 16.7. The molecule has 0 amide bonds. The van der Waals surface area contributed by atoms with Gasteiger partial charge in [-0.2, -0.15) is 0 Å². The van der Waals surface area contributed by atoms with E-state index < -0.39 is 60.9 Å². The predicted molar refractivity (Wildman–Crippen MR) is 123 cm³/mol. The summed E-state index contributed by atoms with van der Waals surface area (Å²) in [5.74, 6) is -1.88. The van der Waals surface area contributed by atoms with Gasteiger partial charge in [0.15, 0.2) is 6.29 Å². The van der Waals surface area contributed by atoms with E-state index in [4.69, 9.17) is 9.47 Å². The van der Waals surface area contributed by atoms with Crippen LogP contribution in [-0.2, 0) is 14.3 Å². The zero-order chi connectivity index (χ0) is 25.0. The fourth-order valence-electron chi connectivity index (χ4n) is 4.09. The van der Waals surface area contributed by atoms with Crippen molar-refractivity contribution in [3.05, 3.63) is 0 Å². The Hall–Kier alpha value is -0.810. The van der Waals surface area contributed by atoms with Crippen molar-refractivity contribution in [3.63, 3.8) is 0 Å². The summed E-state index contributed by atoms with van der Waals surface area (Å²) < 4.78 is 11.1. The molecule has 0 spiro atoms. The Bertz CT molecular complexity index is 535. The zero-order valence-corrected chi connectivity index (χ0v) is 20.4. The average Bonchev–Trinajstić information content (AvgIpc) is 2.75. The fraction of sp³-hybridized carbons (Fsp3) is 0.958. The molecule has 196 valence electrons. The van der Waals surface area contributed by atoms with Crippen molar-refractivity contribution >= 4 is 5.97 Å². The molecule has 0 unspecified atom stereocenters. The van der Waals surface area contributed by atoms with Gasteiger partial charge in [-0.3, -0.25) is 4.79 Å². The van der Waals surface area contributed by atoms with Crippen molar-refractivity contribution in [1.82, 2.24) is 0 Å². The lowest BCUT2D eigenvalue weighted by Gasteiger charge is -2.41. The summed E-state index contributed by atoms with van der Waals surface area (Å²) in [5, 5.41) is 58.4. The molecular weight excluding hydrogens is 432 g/mol. The Kier molecular flexibility index (Phi) is 14.0. The van der Waals surface area contributed by atoms with E-state index in [1.807, 2.05) is 13.8 Å². The van der Waals surface area contributed by atoms with Gasteiger partial charge in [-0.05, 0) is 33.6 Å². The standard InChI is InChI=1S/C24H46O9/c1-16(22(29)30)17(32-23-21(28)20(27)19(26)18(15-25)33-23)13-11-9-7-5-4-6-8-10-12-14-24(2,3)31/h16-21,23,25-28,31H,4-15H2,1-3H3,(H,29,30)/t16-,17+,18-,19-,20+,21-,23-/m1/s1. The number of hydrogen-bond acceptors (Lipinski definition) is 8. The molecule has 1 saturated heterocycles. The van der Waals surface area contributed by atoms with Gasteiger partial charge < -0.3 is 40.1 Å². The second-order valence-corrected chi connectivity index (χ2v) is 10.0. The van der Waals surface area contributed by atoms with Crippen LogP contribution in [0.2, 0.25) is 0 Å². The van der Waals surface area contributed by atoms with E-state index in [2.05, 4.69) is 0 Å². The minimum absolute atomic E-state index is 0.458. The summed E-state index contributed by atoms with van der Waals surface area (Å²) in [7, 11) is 0. The van der Waals surface area contributed by atoms with Crippen molar-refractivity contribution in [2.24, 2.45) is 5.92 Å². The normalized spacial score (nSPS) is 27.9. The van der Waals surface area contributed by atoms with Gasteiger partial charge in [0.05, 0.1) is 24.2 Å². The second-order valence-electron chi connectivity index (χ2n) is 10.0. The molecular formula is C24H46O9. The minimum atomic E-state index is -1.56. The summed E-state index contributed by atoms with van der Waals surface area (Å²) in [6.07, 6.45) is 3.04. The maximum atomic E-state index is 11.5. The molecule has 1 heterocycles. The van der Waals surface area contributed by atoms with Crippen LogP contribution in [0.4, 0.5) is 0 Å². The number of ether oxygens (including phenoxy) is 2. The first kappa shape index (κ1) is 30.2. The molecule has 0 saturated carbocycles. The van der Waals surface area contributed by atoms with Gasteiger partial charge in [-0.25, -0.2) is 0 Å². The second kappa shape index (κ2) is 15.2. The fourth-order valence-corrected chi connectivity index (χ4v) is 4.09. The Balaban J connectivity index is 2.34. The number of unbranched alkanes of at least 4 members (excludes halogenated alkanes) is 8. The number of carbonyl (C=O) groups is 1. The van der Waals surface area contributed by atoms with Crippen LogP contribution in [0.1, 0.15) is 91.4 Å². The average molecular weight is 479 g/mol. The molecule has 0 radical (unpaired) electrons. The molecule has 1 fully saturated rings. The molecule has 0 aromatic rings. The predicted octanol–water partition coefficient (Wildman–Crippen LogP) is 1.95. The first-order chi connectivity index (χ1) is 15.5. The highest BCUT2D eigenvalue weighted by Gasteiger charge is 2.45. The van der Waals surface area contributed by atoms with Crippen LogP contribution in [0.15, 0.2) is 0 Å². The number of hydrogen-bond donors (Lipinski definition) is 6. The van der Waals surface area contributed by atoms with Crippen LogP contribution in [0, 0.1) is 5.92 Å². The van der Waals surface area contributed by atoms with Crippen LogP contribution in [0.5, 0.6) is 0 Å². The van der Waals surface area contributed by atoms with Crippen LogP contribution in [0.3, 0.4) is 0 Å². The van der Waals surface area contributed by atoms with Crippen molar-refractivity contribution in [3.8, 4) is 0 Å². The molecule has 0 aromatic carbocycles. The minimum Gasteiger partial charge on any atom is -0.481 e. The highest BCUT2D eigenvalue weighted by molar-refractivity contribution is 5.70. The van der Waals surface area contributed by atoms with Gasteiger partial charge >= 0.3 is 5.97 Å². The quantitative estimate of drug-likeness (QED) is 0.172. The Labute approximate surface area is 197 Å². The summed E-state index contributed by atoms with van der Waals surface area (Å²) in [6, 6.07) is 0. The monoisotopic (exact) mass is 478 g/mol. The molecule has 0 aromatic heterocycles. The molecule has 9 heteroatoms. The lowest BCUT2D eigenvalue weighted by molar-refractivity contribution is -0.314. The van der Waals surface area contributed by atoms with Crippen LogP contribution >= 0.6 is 0 Å². The number of carboxylic acid groups (broad SMARTS) is 1. The van der Waals surface area contributed by atoms with Crippen molar-refractivity contribution in [1.29, 1.82) is 0 Å². The van der Waals surface area contributed by atoms with Crippen molar-refractivity contribution in [2.45, 2.75) is 134 Å². The third-order valence-corrected chi connectivity index (χ3v) is 6.38. The lowest BCUT2D eigenvalue weighted by Crippen LogP contribution is -2.60. The smallest absolute Gasteiger partial charge is 0.308 e. The molecule has 6 N–H and O–H groups in total. The van der Waals surface area contributed by atoms with E-state index in [-0.39, 0.29) is 0 Å². The molecule has 0 bridgehead atoms. The van der Waals surface area contributed by atoms with E-state index in [1.54, 1.807) is 0 Å². The highest BCUT2D eigenvalue weighted by Crippen LogP contribution is 2.26. The molecule has 7 atom stereocenters.